The SMILES string of the molecule is COc1ccc(-c2cc(CCCc3cc(=O)oc(N)c3C(N)=O)on2)cc1. The van der Waals surface area contributed by atoms with Crippen LogP contribution >= 0.6 is 0 Å². The minimum Gasteiger partial charge on any atom is -0.497 e. The molecule has 4 N–H and O–H groups in total. The van der Waals surface area contributed by atoms with Crippen molar-refractivity contribution in [1.29, 1.82) is 0 Å². The highest BCUT2D eigenvalue weighted by molar-refractivity contribution is 5.98. The van der Waals surface area contributed by atoms with Crippen LogP contribution in [0.15, 0.2) is 50.1 Å². The highest BCUT2D eigenvalue weighted by atomic mass is 16.5. The number of nitrogen functional groups attached to an aromatic ring is 1. The Morgan fingerprint density at radius 2 is 1.93 bits per heavy atom. The fourth-order valence-corrected chi connectivity index (χ4v) is 2.82. The molecule has 0 unspecified atom stereocenters. The smallest absolute Gasteiger partial charge is 0.337 e. The molecule has 0 aliphatic heterocycles. The Balaban J connectivity index is 1.67. The molecule has 0 saturated carbocycles. The number of methoxy groups -OCH3 is 1. The molecule has 2 aromatic heterocycles. The van der Waals surface area contributed by atoms with Crippen molar-refractivity contribution in [3.63, 3.8) is 0 Å². The molecule has 0 atom stereocenters. The molecular formula is C19H19N3O5. The Bertz CT molecular complexity index is 1000. The predicted molar refractivity (Wildman–Crippen MR) is 98.4 cm³/mol. The van der Waals surface area contributed by atoms with Crippen molar-refractivity contribution in [2.45, 2.75) is 19.3 Å². The van der Waals surface area contributed by atoms with Crippen molar-refractivity contribution in [1.82, 2.24) is 5.16 Å². The summed E-state index contributed by atoms with van der Waals surface area (Å²) in [6.07, 6.45) is 1.61. The van der Waals surface area contributed by atoms with E-state index in [0.717, 1.165) is 17.0 Å². The summed E-state index contributed by atoms with van der Waals surface area (Å²) < 4.78 is 15.2. The zero-order valence-electron chi connectivity index (χ0n) is 14.7. The van der Waals surface area contributed by atoms with Gasteiger partial charge in [-0.25, -0.2) is 4.79 Å². The monoisotopic (exact) mass is 369 g/mol. The average molecular weight is 369 g/mol. The number of primary amides is 1. The standard InChI is InChI=1S/C19H19N3O5/c1-25-13-7-5-11(6-8-13)15-10-14(27-22-15)4-2-3-12-9-16(23)26-19(21)17(12)18(20)24/h5-10H,2-4,21H2,1H3,(H2,20,24). The van der Waals surface area contributed by atoms with Gasteiger partial charge in [0.25, 0.3) is 5.91 Å². The number of hydrogen-bond acceptors (Lipinski definition) is 7. The third kappa shape index (κ3) is 4.17. The summed E-state index contributed by atoms with van der Waals surface area (Å²) >= 11 is 0. The van der Waals surface area contributed by atoms with Gasteiger partial charge in [-0.2, -0.15) is 0 Å². The van der Waals surface area contributed by atoms with Gasteiger partial charge in [-0.15, -0.1) is 0 Å². The van der Waals surface area contributed by atoms with Gasteiger partial charge >= 0.3 is 5.63 Å². The first-order chi connectivity index (χ1) is 13.0. The number of ether oxygens (including phenoxy) is 1. The van der Waals surface area contributed by atoms with Crippen LogP contribution in [-0.2, 0) is 12.8 Å². The number of nitrogens with two attached hydrogens (primary N) is 2. The molecule has 3 rings (SSSR count). The molecule has 1 amide bonds. The van der Waals surface area contributed by atoms with E-state index in [-0.39, 0.29) is 11.4 Å². The van der Waals surface area contributed by atoms with Crippen LogP contribution in [0.5, 0.6) is 5.75 Å². The lowest BCUT2D eigenvalue weighted by molar-refractivity contribution is 0.0998. The van der Waals surface area contributed by atoms with Crippen molar-refractivity contribution >= 4 is 11.8 Å². The first-order valence-electron chi connectivity index (χ1n) is 8.30. The molecule has 0 bridgehead atoms. The van der Waals surface area contributed by atoms with E-state index in [1.165, 1.54) is 6.07 Å². The number of nitrogens with zero attached hydrogens (tertiary/aromatic N) is 1. The lowest BCUT2D eigenvalue weighted by Gasteiger charge is -2.06. The Hall–Kier alpha value is -3.55. The molecule has 27 heavy (non-hydrogen) atoms. The molecule has 0 spiro atoms. The Morgan fingerprint density at radius 3 is 2.59 bits per heavy atom. The number of amides is 1. The average Bonchev–Trinajstić information content (AvgIpc) is 3.10. The highest BCUT2D eigenvalue weighted by Crippen LogP contribution is 2.23. The summed E-state index contributed by atoms with van der Waals surface area (Å²) in [6, 6.07) is 10.6. The van der Waals surface area contributed by atoms with E-state index in [4.69, 9.17) is 25.1 Å². The number of rotatable bonds is 7. The van der Waals surface area contributed by atoms with Gasteiger partial charge in [0.05, 0.1) is 7.11 Å². The summed E-state index contributed by atoms with van der Waals surface area (Å²) in [6.45, 7) is 0. The molecule has 2 heterocycles. The van der Waals surface area contributed by atoms with Crippen molar-refractivity contribution in [2.24, 2.45) is 5.73 Å². The van der Waals surface area contributed by atoms with E-state index in [2.05, 4.69) is 5.16 Å². The van der Waals surface area contributed by atoms with Crippen LogP contribution in [0.25, 0.3) is 11.3 Å². The predicted octanol–water partition coefficient (Wildman–Crippen LogP) is 2.16. The van der Waals surface area contributed by atoms with Crippen molar-refractivity contribution in [3.8, 4) is 17.0 Å². The van der Waals surface area contributed by atoms with Crippen LogP contribution < -0.4 is 21.8 Å². The number of aryl methyl sites for hydroxylation is 2. The molecular weight excluding hydrogens is 350 g/mol. The number of aromatic nitrogens is 1. The number of benzene rings is 1. The topological polar surface area (TPSA) is 135 Å². The molecule has 0 aliphatic carbocycles. The van der Waals surface area contributed by atoms with E-state index in [0.29, 0.717) is 30.6 Å². The maximum absolute atomic E-state index is 11.5. The van der Waals surface area contributed by atoms with Crippen LogP contribution in [0.2, 0.25) is 0 Å². The molecule has 0 saturated heterocycles. The second-order valence-electron chi connectivity index (χ2n) is 5.95. The fraction of sp³-hybridized carbons (Fsp3) is 0.211. The number of carbonyl (C=O) groups excluding carboxylic acids is 1. The second kappa shape index (κ2) is 7.77. The van der Waals surface area contributed by atoms with Gasteiger partial charge in [-0.1, -0.05) is 5.16 Å². The maximum Gasteiger partial charge on any atom is 0.337 e. The molecule has 0 aliphatic rings. The summed E-state index contributed by atoms with van der Waals surface area (Å²) in [5, 5.41) is 4.07. The Morgan fingerprint density at radius 1 is 1.19 bits per heavy atom. The molecule has 0 radical (unpaired) electrons. The molecule has 8 heteroatoms. The zero-order valence-corrected chi connectivity index (χ0v) is 14.7. The Labute approximate surface area is 154 Å². The third-order valence-electron chi connectivity index (χ3n) is 4.13. The number of carbonyl (C=O) groups is 1. The van der Waals surface area contributed by atoms with E-state index < -0.39 is 11.5 Å². The van der Waals surface area contributed by atoms with Crippen LogP contribution in [0.1, 0.15) is 28.1 Å². The quantitative estimate of drug-likeness (QED) is 0.651. The Kier molecular flexibility index (Phi) is 5.25. The first kappa shape index (κ1) is 18.2. The van der Waals surface area contributed by atoms with Gasteiger partial charge in [0, 0.05) is 24.1 Å². The van der Waals surface area contributed by atoms with E-state index >= 15 is 0 Å². The highest BCUT2D eigenvalue weighted by Gasteiger charge is 2.16. The summed E-state index contributed by atoms with van der Waals surface area (Å²) in [4.78, 5) is 23.0. The van der Waals surface area contributed by atoms with Crippen molar-refractivity contribution in [3.05, 3.63) is 63.7 Å². The van der Waals surface area contributed by atoms with Crippen molar-refractivity contribution in [2.75, 3.05) is 12.8 Å². The molecule has 3 aromatic rings. The van der Waals surface area contributed by atoms with E-state index in [1.807, 2.05) is 30.3 Å². The number of hydrogen-bond donors (Lipinski definition) is 2. The molecule has 0 fully saturated rings. The first-order valence-corrected chi connectivity index (χ1v) is 8.30. The molecule has 140 valence electrons. The molecule has 8 nitrogen and oxygen atoms in total. The second-order valence-corrected chi connectivity index (χ2v) is 5.95. The van der Waals surface area contributed by atoms with E-state index in [9.17, 15) is 9.59 Å². The lowest BCUT2D eigenvalue weighted by atomic mass is 10.0. The third-order valence-corrected chi connectivity index (χ3v) is 4.13. The largest absolute Gasteiger partial charge is 0.497 e. The summed E-state index contributed by atoms with van der Waals surface area (Å²) in [7, 11) is 1.61. The van der Waals surface area contributed by atoms with Crippen LogP contribution in [-0.4, -0.2) is 18.2 Å². The lowest BCUT2D eigenvalue weighted by Crippen LogP contribution is -2.19. The van der Waals surface area contributed by atoms with E-state index in [1.54, 1.807) is 7.11 Å². The van der Waals surface area contributed by atoms with Gasteiger partial charge in [0.2, 0.25) is 5.88 Å². The van der Waals surface area contributed by atoms with Crippen molar-refractivity contribution < 1.29 is 18.5 Å². The van der Waals surface area contributed by atoms with Gasteiger partial charge in [0.1, 0.15) is 22.8 Å². The van der Waals surface area contributed by atoms with Gasteiger partial charge in [-0.3, -0.25) is 4.79 Å². The minimum absolute atomic E-state index is 0.0473. The maximum atomic E-state index is 11.5. The van der Waals surface area contributed by atoms with Crippen LogP contribution in [0.4, 0.5) is 5.88 Å². The van der Waals surface area contributed by atoms with Crippen LogP contribution in [0.3, 0.4) is 0 Å². The fourth-order valence-electron chi connectivity index (χ4n) is 2.82. The van der Waals surface area contributed by atoms with Crippen LogP contribution in [0, 0.1) is 0 Å². The molecule has 1 aromatic carbocycles. The number of anilines is 1. The normalized spacial score (nSPS) is 10.7. The summed E-state index contributed by atoms with van der Waals surface area (Å²) in [5.74, 6) is 0.468. The van der Waals surface area contributed by atoms with Gasteiger partial charge in [0.15, 0.2) is 0 Å². The minimum atomic E-state index is -0.729. The zero-order chi connectivity index (χ0) is 19.4. The summed E-state index contributed by atoms with van der Waals surface area (Å²) in [5.41, 5.74) is 12.4. The van der Waals surface area contributed by atoms with Gasteiger partial charge in [-0.05, 0) is 42.7 Å². The van der Waals surface area contributed by atoms with Gasteiger partial charge < -0.3 is 25.1 Å².